The van der Waals surface area contributed by atoms with Crippen molar-refractivity contribution in [2.75, 3.05) is 13.2 Å². The Balaban J connectivity index is 1.91. The van der Waals surface area contributed by atoms with Gasteiger partial charge in [0, 0.05) is 21.6 Å². The molecule has 6 nitrogen and oxygen atoms in total. The minimum absolute atomic E-state index is 0.0641. The summed E-state index contributed by atoms with van der Waals surface area (Å²) in [6.45, 7) is 0.742. The molecule has 3 heterocycles. The van der Waals surface area contributed by atoms with Gasteiger partial charge in [-0.3, -0.25) is 9.78 Å². The Morgan fingerprint density at radius 1 is 1.35 bits per heavy atom. The maximum absolute atomic E-state index is 11.8. The van der Waals surface area contributed by atoms with Gasteiger partial charge in [0.25, 0.3) is 0 Å². The largest absolute Gasteiger partial charge is 0.380 e. The van der Waals surface area contributed by atoms with Gasteiger partial charge in [-0.15, -0.1) is 0 Å². The monoisotopic (exact) mass is 401 g/mol. The zero-order valence-corrected chi connectivity index (χ0v) is 13.3. The van der Waals surface area contributed by atoms with Gasteiger partial charge in [-0.1, -0.05) is 5.16 Å². The predicted octanol–water partition coefficient (Wildman–Crippen LogP) is 2.73. The molecule has 2 aromatic heterocycles. The molecular formula is C12H9Br2N3O3. The van der Waals surface area contributed by atoms with Crippen LogP contribution in [0.2, 0.25) is 0 Å². The summed E-state index contributed by atoms with van der Waals surface area (Å²) in [5, 5.41) is 3.88. The Bertz CT molecular complexity index is 659. The highest BCUT2D eigenvalue weighted by molar-refractivity contribution is 9.11. The molecule has 0 saturated carbocycles. The number of ketones is 1. The number of carbonyl (C=O) groups is 1. The molecule has 0 aromatic carbocycles. The quantitative estimate of drug-likeness (QED) is 0.768. The number of halogens is 2. The standard InChI is InChI=1S/C12H9Br2N3O3/c13-6-3-8(14)10(15-4-6)11-16-12(20-17-11)7-5-19-2-1-9(7)18/h3-4,7H,1-2,5H2. The van der Waals surface area contributed by atoms with Crippen LogP contribution in [0.3, 0.4) is 0 Å². The Morgan fingerprint density at radius 2 is 2.20 bits per heavy atom. The molecule has 1 fully saturated rings. The van der Waals surface area contributed by atoms with Gasteiger partial charge in [0.1, 0.15) is 17.4 Å². The summed E-state index contributed by atoms with van der Waals surface area (Å²) >= 11 is 6.72. The smallest absolute Gasteiger partial charge is 0.239 e. The van der Waals surface area contributed by atoms with Crippen molar-refractivity contribution >= 4 is 37.6 Å². The van der Waals surface area contributed by atoms with E-state index in [4.69, 9.17) is 9.26 Å². The van der Waals surface area contributed by atoms with Crippen molar-refractivity contribution < 1.29 is 14.1 Å². The zero-order chi connectivity index (χ0) is 14.1. The van der Waals surface area contributed by atoms with Gasteiger partial charge in [-0.05, 0) is 37.9 Å². The highest BCUT2D eigenvalue weighted by atomic mass is 79.9. The van der Waals surface area contributed by atoms with Gasteiger partial charge in [0.05, 0.1) is 13.2 Å². The highest BCUT2D eigenvalue weighted by Gasteiger charge is 2.30. The molecule has 1 saturated heterocycles. The van der Waals surface area contributed by atoms with Gasteiger partial charge >= 0.3 is 0 Å². The first-order chi connectivity index (χ1) is 9.65. The molecule has 1 aliphatic heterocycles. The number of hydrogen-bond acceptors (Lipinski definition) is 6. The topological polar surface area (TPSA) is 78.1 Å². The van der Waals surface area contributed by atoms with Crippen LogP contribution in [0.5, 0.6) is 0 Å². The van der Waals surface area contributed by atoms with Gasteiger partial charge in [0.2, 0.25) is 11.7 Å². The molecule has 0 bridgehead atoms. The number of carbonyl (C=O) groups excluding carboxylic acids is 1. The van der Waals surface area contributed by atoms with E-state index in [1.165, 1.54) is 0 Å². The first kappa shape index (κ1) is 13.8. The third-order valence-electron chi connectivity index (χ3n) is 2.93. The number of aromatic nitrogens is 3. The van der Waals surface area contributed by atoms with Crippen molar-refractivity contribution in [2.24, 2.45) is 0 Å². The molecule has 2 aromatic rings. The number of nitrogens with zero attached hydrogens (tertiary/aromatic N) is 3. The summed E-state index contributed by atoms with van der Waals surface area (Å²) in [7, 11) is 0. The molecule has 0 N–H and O–H groups in total. The summed E-state index contributed by atoms with van der Waals surface area (Å²) < 4.78 is 12.0. The Kier molecular flexibility index (Phi) is 3.95. The second-order valence-electron chi connectivity index (χ2n) is 4.28. The SMILES string of the molecule is O=C1CCOCC1c1nc(-c2ncc(Br)cc2Br)no1. The number of hydrogen-bond donors (Lipinski definition) is 0. The van der Waals surface area contributed by atoms with Crippen molar-refractivity contribution in [1.29, 1.82) is 0 Å². The van der Waals surface area contributed by atoms with Crippen molar-refractivity contribution in [3.05, 3.63) is 27.1 Å². The van der Waals surface area contributed by atoms with Crippen LogP contribution in [0.1, 0.15) is 18.2 Å². The first-order valence-electron chi connectivity index (χ1n) is 5.90. The van der Waals surface area contributed by atoms with Gasteiger partial charge < -0.3 is 9.26 Å². The average molecular weight is 403 g/mol. The van der Waals surface area contributed by atoms with Crippen LogP contribution in [0.25, 0.3) is 11.5 Å². The summed E-state index contributed by atoms with van der Waals surface area (Å²) in [5.74, 6) is 0.215. The number of Topliss-reactive ketones (excluding diaryl/α,β-unsaturated/α-hetero) is 1. The molecule has 0 aliphatic carbocycles. The van der Waals surface area contributed by atoms with Crippen molar-refractivity contribution in [2.45, 2.75) is 12.3 Å². The zero-order valence-electron chi connectivity index (χ0n) is 10.2. The van der Waals surface area contributed by atoms with Gasteiger partial charge in [-0.25, -0.2) is 0 Å². The van der Waals surface area contributed by atoms with E-state index in [1.807, 2.05) is 6.07 Å². The molecule has 0 radical (unpaired) electrons. The van der Waals surface area contributed by atoms with Crippen LogP contribution in [0, 0.1) is 0 Å². The molecule has 1 unspecified atom stereocenters. The van der Waals surface area contributed by atoms with E-state index >= 15 is 0 Å². The van der Waals surface area contributed by atoms with E-state index < -0.39 is 5.92 Å². The third kappa shape index (κ3) is 2.68. The lowest BCUT2D eigenvalue weighted by Crippen LogP contribution is -2.25. The van der Waals surface area contributed by atoms with E-state index in [9.17, 15) is 4.79 Å². The van der Waals surface area contributed by atoms with Crippen molar-refractivity contribution in [1.82, 2.24) is 15.1 Å². The van der Waals surface area contributed by atoms with E-state index in [1.54, 1.807) is 6.20 Å². The molecule has 20 heavy (non-hydrogen) atoms. The van der Waals surface area contributed by atoms with Crippen LogP contribution in [-0.2, 0) is 9.53 Å². The van der Waals surface area contributed by atoms with Crippen LogP contribution in [0.4, 0.5) is 0 Å². The maximum Gasteiger partial charge on any atom is 0.239 e. The van der Waals surface area contributed by atoms with E-state index in [0.717, 1.165) is 8.95 Å². The summed E-state index contributed by atoms with van der Waals surface area (Å²) in [5.41, 5.74) is 0.562. The fraction of sp³-hybridized carbons (Fsp3) is 0.333. The lowest BCUT2D eigenvalue weighted by molar-refractivity contribution is -0.127. The van der Waals surface area contributed by atoms with Crippen LogP contribution >= 0.6 is 31.9 Å². The van der Waals surface area contributed by atoms with Crippen LogP contribution in [0.15, 0.2) is 25.7 Å². The van der Waals surface area contributed by atoms with Crippen molar-refractivity contribution in [3.8, 4) is 11.5 Å². The Morgan fingerprint density at radius 3 is 2.95 bits per heavy atom. The molecule has 3 rings (SSSR count). The third-order valence-corrected chi connectivity index (χ3v) is 3.96. The molecule has 8 heteroatoms. The lowest BCUT2D eigenvalue weighted by Gasteiger charge is -2.16. The van der Waals surface area contributed by atoms with Crippen LogP contribution < -0.4 is 0 Å². The minimum atomic E-state index is -0.473. The Labute approximate surface area is 131 Å². The van der Waals surface area contributed by atoms with E-state index in [2.05, 4.69) is 47.0 Å². The van der Waals surface area contributed by atoms with Gasteiger partial charge in [0.15, 0.2) is 0 Å². The molecular weight excluding hydrogens is 394 g/mol. The van der Waals surface area contributed by atoms with E-state index in [-0.39, 0.29) is 18.3 Å². The number of pyridine rings is 1. The maximum atomic E-state index is 11.8. The summed E-state index contributed by atoms with van der Waals surface area (Å²) in [4.78, 5) is 20.3. The second-order valence-corrected chi connectivity index (χ2v) is 6.05. The van der Waals surface area contributed by atoms with Crippen LogP contribution in [-0.4, -0.2) is 34.1 Å². The van der Waals surface area contributed by atoms with Crippen molar-refractivity contribution in [3.63, 3.8) is 0 Å². The Hall–Kier alpha value is -1.12. The number of rotatable bonds is 2. The molecule has 0 spiro atoms. The summed E-state index contributed by atoms with van der Waals surface area (Å²) in [6.07, 6.45) is 2.02. The summed E-state index contributed by atoms with van der Waals surface area (Å²) in [6, 6.07) is 1.84. The predicted molar refractivity (Wildman–Crippen MR) is 76.1 cm³/mol. The van der Waals surface area contributed by atoms with Gasteiger partial charge in [-0.2, -0.15) is 4.98 Å². The minimum Gasteiger partial charge on any atom is -0.380 e. The normalized spacial score (nSPS) is 19.3. The lowest BCUT2D eigenvalue weighted by atomic mass is 10.0. The second kappa shape index (κ2) is 5.71. The molecule has 0 amide bonds. The highest BCUT2D eigenvalue weighted by Crippen LogP contribution is 2.28. The molecule has 1 aliphatic rings. The molecule has 1 atom stereocenters. The van der Waals surface area contributed by atoms with E-state index in [0.29, 0.717) is 24.5 Å². The fourth-order valence-corrected chi connectivity index (χ4v) is 3.07. The first-order valence-corrected chi connectivity index (χ1v) is 7.49. The average Bonchev–Trinajstić information content (AvgIpc) is 2.88. The fourth-order valence-electron chi connectivity index (χ4n) is 1.90. The number of ether oxygens (including phenoxy) is 1. The molecule has 104 valence electrons.